The van der Waals surface area contributed by atoms with Gasteiger partial charge in [0.15, 0.2) is 0 Å². The van der Waals surface area contributed by atoms with Crippen molar-refractivity contribution in [1.82, 2.24) is 4.90 Å². The number of hydrogen-bond donors (Lipinski definition) is 0. The summed E-state index contributed by atoms with van der Waals surface area (Å²) in [6, 6.07) is 14.2. The van der Waals surface area contributed by atoms with Crippen molar-refractivity contribution in [2.75, 3.05) is 31.1 Å². The molecule has 1 aliphatic heterocycles. The monoisotopic (exact) mass is 342 g/mol. The third kappa shape index (κ3) is 3.90. The van der Waals surface area contributed by atoms with Gasteiger partial charge in [-0.1, -0.05) is 47.5 Å². The van der Waals surface area contributed by atoms with Gasteiger partial charge >= 0.3 is 0 Å². The van der Waals surface area contributed by atoms with Gasteiger partial charge < -0.3 is 9.80 Å². The first-order valence-corrected chi connectivity index (χ1v) is 8.75. The summed E-state index contributed by atoms with van der Waals surface area (Å²) in [5.41, 5.74) is 4.68. The van der Waals surface area contributed by atoms with E-state index in [1.807, 2.05) is 35.2 Å². The van der Waals surface area contributed by atoms with E-state index in [2.05, 4.69) is 30.9 Å². The third-order valence-corrected chi connectivity index (χ3v) is 4.82. The number of rotatable bonds is 3. The predicted molar refractivity (Wildman–Crippen MR) is 99.9 cm³/mol. The summed E-state index contributed by atoms with van der Waals surface area (Å²) in [6.45, 7) is 7.37. The van der Waals surface area contributed by atoms with E-state index in [9.17, 15) is 4.79 Å². The summed E-state index contributed by atoms with van der Waals surface area (Å²) < 4.78 is 0. The molecule has 0 unspecified atom stereocenters. The van der Waals surface area contributed by atoms with Crippen LogP contribution in [-0.4, -0.2) is 37.0 Å². The molecule has 126 valence electrons. The van der Waals surface area contributed by atoms with Crippen LogP contribution in [0.15, 0.2) is 42.5 Å². The molecule has 3 nitrogen and oxygen atoms in total. The van der Waals surface area contributed by atoms with E-state index < -0.39 is 0 Å². The zero-order valence-electron chi connectivity index (χ0n) is 14.3. The Hall–Kier alpha value is -2.00. The Morgan fingerprint density at radius 3 is 2.50 bits per heavy atom. The standard InChI is InChI=1S/C20H23ClN2O/c1-15-4-3-5-17(12-15)13-20(24)23-10-8-22(9-11-23)19-14-18(21)7-6-16(19)2/h3-7,12,14H,8-11,13H2,1-2H3. The highest BCUT2D eigenvalue weighted by Crippen LogP contribution is 2.25. The van der Waals surface area contributed by atoms with Crippen molar-refractivity contribution in [3.8, 4) is 0 Å². The second-order valence-electron chi connectivity index (χ2n) is 6.46. The fourth-order valence-corrected chi connectivity index (χ4v) is 3.39. The summed E-state index contributed by atoms with van der Waals surface area (Å²) in [7, 11) is 0. The zero-order valence-corrected chi connectivity index (χ0v) is 15.0. The van der Waals surface area contributed by atoms with Crippen molar-refractivity contribution in [3.05, 3.63) is 64.2 Å². The molecule has 0 aromatic heterocycles. The molecule has 0 bridgehead atoms. The molecular formula is C20H23ClN2O. The van der Waals surface area contributed by atoms with E-state index in [1.54, 1.807) is 0 Å². The van der Waals surface area contributed by atoms with E-state index in [4.69, 9.17) is 11.6 Å². The lowest BCUT2D eigenvalue weighted by Gasteiger charge is -2.37. The summed E-state index contributed by atoms with van der Waals surface area (Å²) in [5.74, 6) is 0.211. The van der Waals surface area contributed by atoms with Crippen LogP contribution in [-0.2, 0) is 11.2 Å². The molecule has 0 aliphatic carbocycles. The first kappa shape index (κ1) is 16.8. The minimum absolute atomic E-state index is 0.211. The quantitative estimate of drug-likeness (QED) is 0.846. The Labute approximate surface area is 148 Å². The highest BCUT2D eigenvalue weighted by Gasteiger charge is 2.22. The summed E-state index contributed by atoms with van der Waals surface area (Å²) in [6.07, 6.45) is 0.484. The molecular weight excluding hydrogens is 320 g/mol. The van der Waals surface area contributed by atoms with Gasteiger partial charge in [0.2, 0.25) is 5.91 Å². The molecule has 1 saturated heterocycles. The Morgan fingerprint density at radius 1 is 1.04 bits per heavy atom. The smallest absolute Gasteiger partial charge is 0.227 e. The van der Waals surface area contributed by atoms with Gasteiger partial charge in [0.05, 0.1) is 6.42 Å². The van der Waals surface area contributed by atoms with Gasteiger partial charge in [-0.05, 0) is 37.1 Å². The van der Waals surface area contributed by atoms with E-state index >= 15 is 0 Å². The second kappa shape index (κ2) is 7.27. The SMILES string of the molecule is Cc1cccc(CC(=O)N2CCN(c3cc(Cl)ccc3C)CC2)c1. The predicted octanol–water partition coefficient (Wildman–Crippen LogP) is 3.85. The van der Waals surface area contributed by atoms with Crippen molar-refractivity contribution in [2.45, 2.75) is 20.3 Å². The molecule has 0 atom stereocenters. The maximum absolute atomic E-state index is 12.5. The van der Waals surface area contributed by atoms with Crippen LogP contribution in [0.3, 0.4) is 0 Å². The van der Waals surface area contributed by atoms with Crippen molar-refractivity contribution in [1.29, 1.82) is 0 Å². The molecule has 4 heteroatoms. The lowest BCUT2D eigenvalue weighted by Crippen LogP contribution is -2.49. The maximum atomic E-state index is 12.5. The molecule has 1 heterocycles. The average molecular weight is 343 g/mol. The minimum atomic E-state index is 0.211. The van der Waals surface area contributed by atoms with Crippen LogP contribution < -0.4 is 4.90 Å². The topological polar surface area (TPSA) is 23.6 Å². The molecule has 2 aromatic carbocycles. The molecule has 0 N–H and O–H groups in total. The fraction of sp³-hybridized carbons (Fsp3) is 0.350. The zero-order chi connectivity index (χ0) is 17.1. The number of carbonyl (C=O) groups excluding carboxylic acids is 1. The Morgan fingerprint density at radius 2 is 1.79 bits per heavy atom. The number of nitrogens with zero attached hydrogens (tertiary/aromatic N) is 2. The molecule has 0 saturated carbocycles. The second-order valence-corrected chi connectivity index (χ2v) is 6.90. The van der Waals surface area contributed by atoms with Crippen molar-refractivity contribution < 1.29 is 4.79 Å². The highest BCUT2D eigenvalue weighted by molar-refractivity contribution is 6.30. The number of hydrogen-bond acceptors (Lipinski definition) is 2. The number of piperazine rings is 1. The van der Waals surface area contributed by atoms with Crippen molar-refractivity contribution in [3.63, 3.8) is 0 Å². The average Bonchev–Trinajstić information content (AvgIpc) is 2.57. The molecule has 3 rings (SSSR count). The lowest BCUT2D eigenvalue weighted by molar-refractivity contribution is -0.130. The number of aryl methyl sites for hydroxylation is 2. The van der Waals surface area contributed by atoms with Crippen LogP contribution in [0.25, 0.3) is 0 Å². The van der Waals surface area contributed by atoms with Crippen molar-refractivity contribution in [2.24, 2.45) is 0 Å². The maximum Gasteiger partial charge on any atom is 0.227 e. The van der Waals surface area contributed by atoms with Crippen LogP contribution >= 0.6 is 11.6 Å². The summed E-state index contributed by atoms with van der Waals surface area (Å²) in [4.78, 5) is 16.8. The van der Waals surface area contributed by atoms with Crippen LogP contribution in [0, 0.1) is 13.8 Å². The van der Waals surface area contributed by atoms with Crippen LogP contribution in [0.4, 0.5) is 5.69 Å². The Kier molecular flexibility index (Phi) is 5.10. The summed E-state index contributed by atoms with van der Waals surface area (Å²) in [5, 5.41) is 0.758. The van der Waals surface area contributed by atoms with Gasteiger partial charge in [0.1, 0.15) is 0 Å². The molecule has 0 spiro atoms. The number of halogens is 1. The lowest BCUT2D eigenvalue weighted by atomic mass is 10.1. The van der Waals surface area contributed by atoms with Gasteiger partial charge in [0, 0.05) is 36.9 Å². The van der Waals surface area contributed by atoms with Gasteiger partial charge in [-0.25, -0.2) is 0 Å². The van der Waals surface area contributed by atoms with Crippen molar-refractivity contribution >= 4 is 23.2 Å². The first-order chi connectivity index (χ1) is 11.5. The van der Waals surface area contributed by atoms with Crippen LogP contribution in [0.1, 0.15) is 16.7 Å². The molecule has 0 radical (unpaired) electrons. The Balaban J connectivity index is 1.60. The number of carbonyl (C=O) groups is 1. The molecule has 24 heavy (non-hydrogen) atoms. The van der Waals surface area contributed by atoms with Gasteiger partial charge in [0.25, 0.3) is 0 Å². The van der Waals surface area contributed by atoms with E-state index in [0.29, 0.717) is 6.42 Å². The molecule has 1 amide bonds. The van der Waals surface area contributed by atoms with Crippen LogP contribution in [0.5, 0.6) is 0 Å². The number of amides is 1. The minimum Gasteiger partial charge on any atom is -0.368 e. The van der Waals surface area contributed by atoms with Gasteiger partial charge in [-0.2, -0.15) is 0 Å². The molecule has 1 fully saturated rings. The van der Waals surface area contributed by atoms with E-state index in [-0.39, 0.29) is 5.91 Å². The van der Waals surface area contributed by atoms with Gasteiger partial charge in [-0.3, -0.25) is 4.79 Å². The normalized spacial score (nSPS) is 14.8. The largest absolute Gasteiger partial charge is 0.368 e. The molecule has 1 aliphatic rings. The number of benzene rings is 2. The van der Waals surface area contributed by atoms with Gasteiger partial charge in [-0.15, -0.1) is 0 Å². The van der Waals surface area contributed by atoms with E-state index in [0.717, 1.165) is 36.8 Å². The van der Waals surface area contributed by atoms with Crippen LogP contribution in [0.2, 0.25) is 5.02 Å². The highest BCUT2D eigenvalue weighted by atomic mass is 35.5. The third-order valence-electron chi connectivity index (χ3n) is 4.58. The first-order valence-electron chi connectivity index (χ1n) is 8.37. The molecule has 2 aromatic rings. The fourth-order valence-electron chi connectivity index (χ4n) is 3.23. The van der Waals surface area contributed by atoms with E-state index in [1.165, 1.54) is 16.8 Å². The summed E-state index contributed by atoms with van der Waals surface area (Å²) >= 11 is 6.13. The number of anilines is 1. The Bertz CT molecular complexity index is 736.